The number of nitrogens with one attached hydrogen (secondary N) is 1. The van der Waals surface area contributed by atoms with Crippen molar-refractivity contribution < 1.29 is 4.79 Å². The summed E-state index contributed by atoms with van der Waals surface area (Å²) >= 11 is 0. The van der Waals surface area contributed by atoms with Gasteiger partial charge in [0.2, 0.25) is 5.91 Å². The fourth-order valence-electron chi connectivity index (χ4n) is 1.84. The van der Waals surface area contributed by atoms with E-state index in [4.69, 9.17) is 0 Å². The van der Waals surface area contributed by atoms with Crippen LogP contribution in [-0.2, 0) is 10.2 Å². The number of carbonyl (C=O) groups excluding carboxylic acids is 1. The Morgan fingerprint density at radius 1 is 1.17 bits per heavy atom. The predicted octanol–water partition coefficient (Wildman–Crippen LogP) is 3.49. The molecular weight excluding hydrogens is 224 g/mol. The van der Waals surface area contributed by atoms with Gasteiger partial charge in [0.15, 0.2) is 0 Å². The molecule has 0 aliphatic heterocycles. The first-order valence-electron chi connectivity index (χ1n) is 6.05. The Balaban J connectivity index is 2.45. The number of hydrogen-bond donors (Lipinski definition) is 1. The highest BCUT2D eigenvalue weighted by atomic mass is 16.1. The number of pyridine rings is 1. The Labute approximate surface area is 107 Å². The van der Waals surface area contributed by atoms with Crippen LogP contribution in [0.1, 0.15) is 33.3 Å². The van der Waals surface area contributed by atoms with Crippen molar-refractivity contribution in [3.8, 4) is 0 Å². The van der Waals surface area contributed by atoms with Crippen molar-refractivity contribution in [1.82, 2.24) is 4.98 Å². The summed E-state index contributed by atoms with van der Waals surface area (Å²) in [5.41, 5.74) is 2.31. The van der Waals surface area contributed by atoms with Crippen LogP contribution in [0.4, 0.5) is 5.82 Å². The fraction of sp³-hybridized carbons (Fsp3) is 0.333. The van der Waals surface area contributed by atoms with E-state index in [1.54, 1.807) is 0 Å². The van der Waals surface area contributed by atoms with Crippen molar-refractivity contribution in [2.75, 3.05) is 5.32 Å². The van der Waals surface area contributed by atoms with Gasteiger partial charge in [0, 0.05) is 12.3 Å². The molecule has 3 nitrogen and oxygen atoms in total. The molecule has 0 radical (unpaired) electrons. The molecule has 0 saturated carbocycles. The molecule has 0 spiro atoms. The Kier molecular flexibility index (Phi) is 3.07. The number of anilines is 1. The number of fused-ring (bicyclic) bond motifs is 1. The molecule has 0 unspecified atom stereocenters. The summed E-state index contributed by atoms with van der Waals surface area (Å²) in [6.45, 7) is 8.04. The minimum atomic E-state index is -0.104. The van der Waals surface area contributed by atoms with Gasteiger partial charge in [0.1, 0.15) is 5.82 Å². The molecule has 0 aliphatic carbocycles. The summed E-state index contributed by atoms with van der Waals surface area (Å²) in [5.74, 6) is 0.492. The van der Waals surface area contributed by atoms with Crippen LogP contribution in [0.2, 0.25) is 0 Å². The maximum Gasteiger partial charge on any atom is 0.222 e. The van der Waals surface area contributed by atoms with Crippen LogP contribution in [0, 0.1) is 0 Å². The summed E-state index contributed by atoms with van der Waals surface area (Å²) in [6, 6.07) is 10.1. The summed E-state index contributed by atoms with van der Waals surface area (Å²) in [6.07, 6.45) is 0. The van der Waals surface area contributed by atoms with Gasteiger partial charge in [-0.3, -0.25) is 4.79 Å². The lowest BCUT2D eigenvalue weighted by atomic mass is 9.86. The maximum absolute atomic E-state index is 11.0. The van der Waals surface area contributed by atoms with Gasteiger partial charge in [0.05, 0.1) is 5.52 Å². The Bertz CT molecular complexity index is 597. The SMILES string of the molecule is CC(=O)Nc1ccc2cc(C(C)(C)C)ccc2n1. The van der Waals surface area contributed by atoms with E-state index in [0.29, 0.717) is 5.82 Å². The molecule has 94 valence electrons. The number of nitrogens with zero attached hydrogens (tertiary/aromatic N) is 1. The van der Waals surface area contributed by atoms with Crippen LogP contribution in [0.15, 0.2) is 30.3 Å². The molecule has 2 rings (SSSR count). The van der Waals surface area contributed by atoms with E-state index in [1.807, 2.05) is 18.2 Å². The molecule has 2 aromatic rings. The maximum atomic E-state index is 11.0. The van der Waals surface area contributed by atoms with Gasteiger partial charge in [-0.2, -0.15) is 0 Å². The summed E-state index contributed by atoms with van der Waals surface area (Å²) < 4.78 is 0. The largest absolute Gasteiger partial charge is 0.311 e. The van der Waals surface area contributed by atoms with E-state index >= 15 is 0 Å². The van der Waals surface area contributed by atoms with E-state index in [1.165, 1.54) is 12.5 Å². The zero-order valence-electron chi connectivity index (χ0n) is 11.2. The normalized spacial score (nSPS) is 11.6. The number of aromatic nitrogens is 1. The Morgan fingerprint density at radius 2 is 1.89 bits per heavy atom. The molecule has 1 aromatic heterocycles. The number of amides is 1. The van der Waals surface area contributed by atoms with Crippen molar-refractivity contribution in [3.05, 3.63) is 35.9 Å². The monoisotopic (exact) mass is 242 g/mol. The van der Waals surface area contributed by atoms with Gasteiger partial charge in [-0.05, 0) is 35.2 Å². The average Bonchev–Trinajstić information content (AvgIpc) is 2.26. The minimum absolute atomic E-state index is 0.104. The van der Waals surface area contributed by atoms with E-state index in [0.717, 1.165) is 10.9 Å². The van der Waals surface area contributed by atoms with Gasteiger partial charge >= 0.3 is 0 Å². The van der Waals surface area contributed by atoms with Crippen LogP contribution < -0.4 is 5.32 Å². The quantitative estimate of drug-likeness (QED) is 0.831. The molecule has 0 saturated heterocycles. The van der Waals surface area contributed by atoms with Gasteiger partial charge in [-0.15, -0.1) is 0 Å². The lowest BCUT2D eigenvalue weighted by Gasteiger charge is -2.19. The second kappa shape index (κ2) is 4.41. The number of rotatable bonds is 1. The molecule has 1 amide bonds. The summed E-state index contributed by atoms with van der Waals surface area (Å²) in [7, 11) is 0. The molecule has 0 atom stereocenters. The smallest absolute Gasteiger partial charge is 0.222 e. The van der Waals surface area contributed by atoms with Crippen LogP contribution in [0.25, 0.3) is 10.9 Å². The fourth-order valence-corrected chi connectivity index (χ4v) is 1.84. The molecule has 0 fully saturated rings. The molecule has 1 heterocycles. The average molecular weight is 242 g/mol. The third kappa shape index (κ3) is 2.67. The van der Waals surface area contributed by atoms with Crippen molar-refractivity contribution in [3.63, 3.8) is 0 Å². The summed E-state index contributed by atoms with van der Waals surface area (Å²) in [5, 5.41) is 3.79. The first-order chi connectivity index (χ1) is 8.36. The lowest BCUT2D eigenvalue weighted by molar-refractivity contribution is -0.114. The zero-order valence-corrected chi connectivity index (χ0v) is 11.2. The molecule has 1 N–H and O–H groups in total. The van der Waals surface area contributed by atoms with Gasteiger partial charge < -0.3 is 5.32 Å². The van der Waals surface area contributed by atoms with Crippen LogP contribution in [-0.4, -0.2) is 10.9 Å². The van der Waals surface area contributed by atoms with Crippen molar-refractivity contribution in [2.24, 2.45) is 0 Å². The topological polar surface area (TPSA) is 42.0 Å². The van der Waals surface area contributed by atoms with Crippen LogP contribution in [0.3, 0.4) is 0 Å². The summed E-state index contributed by atoms with van der Waals surface area (Å²) in [4.78, 5) is 15.4. The van der Waals surface area contributed by atoms with E-state index in [9.17, 15) is 4.79 Å². The molecule has 18 heavy (non-hydrogen) atoms. The highest BCUT2D eigenvalue weighted by molar-refractivity contribution is 5.89. The highest BCUT2D eigenvalue weighted by Crippen LogP contribution is 2.26. The number of carbonyl (C=O) groups is 1. The Hall–Kier alpha value is -1.90. The number of benzene rings is 1. The van der Waals surface area contributed by atoms with Gasteiger partial charge in [-0.1, -0.05) is 26.8 Å². The Morgan fingerprint density at radius 3 is 2.50 bits per heavy atom. The van der Waals surface area contributed by atoms with E-state index < -0.39 is 0 Å². The van der Waals surface area contributed by atoms with Crippen molar-refractivity contribution >= 4 is 22.6 Å². The van der Waals surface area contributed by atoms with Gasteiger partial charge in [0.25, 0.3) is 0 Å². The molecule has 3 heteroatoms. The van der Waals surface area contributed by atoms with Gasteiger partial charge in [-0.25, -0.2) is 4.98 Å². The second-order valence-corrected chi connectivity index (χ2v) is 5.54. The predicted molar refractivity (Wildman–Crippen MR) is 74.7 cm³/mol. The molecular formula is C15H18N2O. The van der Waals surface area contributed by atoms with E-state index in [2.05, 4.69) is 43.2 Å². The molecule has 0 bridgehead atoms. The third-order valence-electron chi connectivity index (χ3n) is 2.86. The van der Waals surface area contributed by atoms with Crippen molar-refractivity contribution in [1.29, 1.82) is 0 Å². The lowest BCUT2D eigenvalue weighted by Crippen LogP contribution is -2.11. The zero-order chi connectivity index (χ0) is 13.3. The van der Waals surface area contributed by atoms with Crippen molar-refractivity contribution in [2.45, 2.75) is 33.1 Å². The first kappa shape index (κ1) is 12.6. The van der Waals surface area contributed by atoms with Crippen LogP contribution >= 0.6 is 0 Å². The minimum Gasteiger partial charge on any atom is -0.311 e. The second-order valence-electron chi connectivity index (χ2n) is 5.54. The first-order valence-corrected chi connectivity index (χ1v) is 6.05. The molecule has 0 aliphatic rings. The van der Waals surface area contributed by atoms with Crippen LogP contribution in [0.5, 0.6) is 0 Å². The highest BCUT2D eigenvalue weighted by Gasteiger charge is 2.13. The molecule has 1 aromatic carbocycles. The number of hydrogen-bond acceptors (Lipinski definition) is 2. The van der Waals surface area contributed by atoms with E-state index in [-0.39, 0.29) is 11.3 Å². The third-order valence-corrected chi connectivity index (χ3v) is 2.86. The standard InChI is InChI=1S/C15H18N2O/c1-10(18)16-14-8-5-11-9-12(15(2,3)4)6-7-13(11)17-14/h5-9H,1-4H3,(H,16,17,18).